The highest BCUT2D eigenvalue weighted by Gasteiger charge is 2.40. The predicted molar refractivity (Wildman–Crippen MR) is 231 cm³/mol. The second-order valence-electron chi connectivity index (χ2n) is 18.3. The topological polar surface area (TPSA) is 152 Å². The molecular weight excluding hydrogens is 789 g/mol. The number of halogens is 2. The minimum atomic E-state index is -1.40. The molecule has 4 atom stereocenters. The number of nitrogen functional groups attached to an aromatic ring is 1. The molecule has 4 fully saturated rings. The van der Waals surface area contributed by atoms with E-state index in [1.807, 2.05) is 40.1 Å². The Balaban J connectivity index is 1.19. The lowest BCUT2D eigenvalue weighted by atomic mass is 10.0. The van der Waals surface area contributed by atoms with Crippen molar-refractivity contribution in [2.24, 2.45) is 0 Å². The maximum absolute atomic E-state index is 16.3. The van der Waals surface area contributed by atoms with Crippen molar-refractivity contribution in [3.8, 4) is 0 Å². The van der Waals surface area contributed by atoms with Crippen LogP contribution in [-0.2, 0) is 14.3 Å². The fourth-order valence-corrected chi connectivity index (χ4v) is 11.3. The maximum atomic E-state index is 16.3. The standard InChI is InChI=1S/C44H57F2N7O6Si/c1-44(2,3)59-43(58)51-19-7-9-39(51)52(27-54)30-13-10-28(11-14-30)36-16-17-37(29-12-15-35(34(47)24-29)48-41(55)38-8-6-18-50(38)42(56)57)53(36)31-25-32(45)40(33(46)26-31)49-20-22-60(4,5)23-21-49/h10-15,24-27,36-39H,6-9,16-23,47H2,1-5H3,(H,48,55)(H,56,57)/t36-,37-,38-,39+/m0/s1. The van der Waals surface area contributed by atoms with E-state index in [1.54, 1.807) is 42.7 Å². The van der Waals surface area contributed by atoms with Crippen molar-refractivity contribution >= 4 is 61.0 Å². The highest BCUT2D eigenvalue weighted by molar-refractivity contribution is 6.77. The lowest BCUT2D eigenvalue weighted by molar-refractivity contribution is -0.119. The van der Waals surface area contributed by atoms with E-state index >= 15 is 8.78 Å². The van der Waals surface area contributed by atoms with Crippen LogP contribution in [0.5, 0.6) is 0 Å². The van der Waals surface area contributed by atoms with Gasteiger partial charge in [-0.25, -0.2) is 18.4 Å². The summed E-state index contributed by atoms with van der Waals surface area (Å²) in [5, 5.41) is 12.4. The van der Waals surface area contributed by atoms with E-state index in [2.05, 4.69) is 18.4 Å². The molecule has 16 heteroatoms. The number of benzene rings is 3. The van der Waals surface area contributed by atoms with E-state index in [0.29, 0.717) is 68.8 Å². The Morgan fingerprint density at radius 3 is 2.07 bits per heavy atom. The number of ether oxygens (including phenoxy) is 1. The lowest BCUT2D eigenvalue weighted by Gasteiger charge is -2.38. The third-order valence-electron chi connectivity index (χ3n) is 12.5. The molecule has 4 aliphatic heterocycles. The first-order chi connectivity index (χ1) is 28.4. The lowest BCUT2D eigenvalue weighted by Crippen LogP contribution is -2.48. The van der Waals surface area contributed by atoms with Gasteiger partial charge in [0.2, 0.25) is 12.3 Å². The molecule has 0 bridgehead atoms. The summed E-state index contributed by atoms with van der Waals surface area (Å²) in [5.74, 6) is -1.71. The van der Waals surface area contributed by atoms with Crippen LogP contribution < -0.4 is 25.8 Å². The number of carbonyl (C=O) groups excluding carboxylic acids is 3. The molecule has 0 aliphatic carbocycles. The van der Waals surface area contributed by atoms with Crippen LogP contribution in [0.4, 0.5) is 46.8 Å². The number of anilines is 5. The fourth-order valence-electron chi connectivity index (χ4n) is 9.29. The van der Waals surface area contributed by atoms with Crippen molar-refractivity contribution in [2.75, 3.05) is 51.9 Å². The molecule has 60 heavy (non-hydrogen) atoms. The van der Waals surface area contributed by atoms with Gasteiger partial charge in [-0.2, -0.15) is 0 Å². The number of carboxylic acid groups (broad SMARTS) is 1. The van der Waals surface area contributed by atoms with Crippen LogP contribution in [0, 0.1) is 11.6 Å². The molecule has 0 radical (unpaired) electrons. The quantitative estimate of drug-likeness (QED) is 0.109. The summed E-state index contributed by atoms with van der Waals surface area (Å²) in [4.78, 5) is 58.6. The number of nitrogens with two attached hydrogens (primary N) is 1. The number of amides is 4. The number of hydrogen-bond donors (Lipinski definition) is 3. The molecule has 0 saturated carbocycles. The Hall–Kier alpha value is -5.38. The van der Waals surface area contributed by atoms with Gasteiger partial charge in [-0.3, -0.25) is 24.3 Å². The van der Waals surface area contributed by atoms with E-state index in [9.17, 15) is 24.3 Å². The Bertz CT molecular complexity index is 2080. The number of hydrogen-bond acceptors (Lipinski definition) is 8. The van der Waals surface area contributed by atoms with E-state index in [1.165, 1.54) is 12.1 Å². The zero-order valence-corrected chi connectivity index (χ0v) is 36.1. The van der Waals surface area contributed by atoms with E-state index in [-0.39, 0.29) is 30.0 Å². The highest BCUT2D eigenvalue weighted by atomic mass is 28.3. The van der Waals surface area contributed by atoms with Gasteiger partial charge in [0.15, 0.2) is 11.6 Å². The highest BCUT2D eigenvalue weighted by Crippen LogP contribution is 2.49. The molecule has 4 saturated heterocycles. The van der Waals surface area contributed by atoms with Crippen LogP contribution in [-0.4, -0.2) is 91.5 Å². The zero-order chi connectivity index (χ0) is 43.1. The second-order valence-corrected chi connectivity index (χ2v) is 23.6. The summed E-state index contributed by atoms with van der Waals surface area (Å²) in [6.07, 6.45) is 2.13. The number of rotatable bonds is 9. The van der Waals surface area contributed by atoms with Gasteiger partial charge in [-0.1, -0.05) is 31.3 Å². The van der Waals surface area contributed by atoms with Crippen LogP contribution in [0.3, 0.4) is 0 Å². The average Bonchev–Trinajstić information content (AvgIpc) is 3.97. The monoisotopic (exact) mass is 845 g/mol. The van der Waals surface area contributed by atoms with Crippen LogP contribution in [0.1, 0.15) is 82.5 Å². The van der Waals surface area contributed by atoms with Crippen LogP contribution in [0.25, 0.3) is 0 Å². The van der Waals surface area contributed by atoms with Crippen molar-refractivity contribution in [1.29, 1.82) is 0 Å². The van der Waals surface area contributed by atoms with Crippen molar-refractivity contribution in [2.45, 2.75) is 114 Å². The van der Waals surface area contributed by atoms with Gasteiger partial charge in [0.1, 0.15) is 23.5 Å². The Kier molecular flexibility index (Phi) is 12.1. The van der Waals surface area contributed by atoms with E-state index < -0.39 is 55.6 Å². The molecule has 0 unspecified atom stereocenters. The number of nitrogens with zero attached hydrogens (tertiary/aromatic N) is 5. The summed E-state index contributed by atoms with van der Waals surface area (Å²) in [6, 6.07) is 16.0. The van der Waals surface area contributed by atoms with Crippen LogP contribution in [0.2, 0.25) is 25.2 Å². The first-order valence-corrected chi connectivity index (χ1v) is 24.4. The summed E-state index contributed by atoms with van der Waals surface area (Å²) < 4.78 is 38.2. The Labute approximate surface area is 351 Å². The van der Waals surface area contributed by atoms with Crippen LogP contribution >= 0.6 is 0 Å². The molecule has 0 aromatic heterocycles. The number of carbonyl (C=O) groups is 4. The van der Waals surface area contributed by atoms with E-state index in [4.69, 9.17) is 10.5 Å². The SMILES string of the molecule is CC(C)(C)OC(=O)N1CCC[C@H]1N(C=O)c1ccc([C@@H]2CC[C@@H](c3ccc(NC(=O)[C@@H]4CCCN4C(=O)O)c(N)c3)N2c2cc(F)c(N3CC[Si](C)(C)CC3)c(F)c2)cc1. The molecule has 4 heterocycles. The number of likely N-dealkylation sites (tertiary alicyclic amines) is 2. The van der Waals surface area contributed by atoms with Gasteiger partial charge in [0, 0.05) is 37.6 Å². The number of nitrogens with one attached hydrogen (secondary N) is 1. The summed E-state index contributed by atoms with van der Waals surface area (Å²) in [6.45, 7) is 12.0. The van der Waals surface area contributed by atoms with Gasteiger partial charge in [-0.15, -0.1) is 0 Å². The van der Waals surface area contributed by atoms with Gasteiger partial charge in [0.25, 0.3) is 0 Å². The summed E-state index contributed by atoms with van der Waals surface area (Å²) >= 11 is 0. The van der Waals surface area contributed by atoms with E-state index in [0.717, 1.165) is 40.9 Å². The molecule has 4 amide bonds. The Morgan fingerprint density at radius 2 is 1.47 bits per heavy atom. The van der Waals surface area contributed by atoms with Gasteiger partial charge < -0.3 is 30.7 Å². The van der Waals surface area contributed by atoms with Crippen molar-refractivity contribution in [3.05, 3.63) is 77.4 Å². The van der Waals surface area contributed by atoms with Crippen molar-refractivity contribution < 1.29 is 37.8 Å². The average molecular weight is 846 g/mol. The van der Waals surface area contributed by atoms with Crippen molar-refractivity contribution in [3.63, 3.8) is 0 Å². The van der Waals surface area contributed by atoms with Gasteiger partial charge in [0.05, 0.1) is 31.5 Å². The molecule has 322 valence electrons. The smallest absolute Gasteiger partial charge is 0.411 e. The minimum absolute atomic E-state index is 0.00532. The molecular formula is C44H57F2N7O6Si. The largest absolute Gasteiger partial charge is 0.465 e. The molecule has 0 spiro atoms. The molecule has 3 aromatic rings. The summed E-state index contributed by atoms with van der Waals surface area (Å²) in [5.41, 5.74) is 9.09. The van der Waals surface area contributed by atoms with Crippen LogP contribution in [0.15, 0.2) is 54.6 Å². The zero-order valence-electron chi connectivity index (χ0n) is 35.1. The molecule has 4 aliphatic rings. The fraction of sp³-hybridized carbons (Fsp3) is 0.500. The van der Waals surface area contributed by atoms with Gasteiger partial charge in [-0.05, 0) is 119 Å². The molecule has 7 rings (SSSR count). The van der Waals surface area contributed by atoms with Crippen molar-refractivity contribution in [1.82, 2.24) is 9.80 Å². The predicted octanol–water partition coefficient (Wildman–Crippen LogP) is 8.56. The summed E-state index contributed by atoms with van der Waals surface area (Å²) in [7, 11) is -1.40. The maximum Gasteiger partial charge on any atom is 0.411 e. The second kappa shape index (κ2) is 16.9. The third-order valence-corrected chi connectivity index (χ3v) is 15.7. The Morgan fingerprint density at radius 1 is 0.867 bits per heavy atom. The third kappa shape index (κ3) is 8.88. The molecule has 13 nitrogen and oxygen atoms in total. The molecule has 4 N–H and O–H groups in total. The first-order valence-electron chi connectivity index (χ1n) is 21.0. The first kappa shape index (κ1) is 42.7. The minimum Gasteiger partial charge on any atom is -0.465 e. The normalized spacial score (nSPS) is 22.9. The van der Waals surface area contributed by atoms with Gasteiger partial charge >= 0.3 is 12.2 Å². The molecule has 3 aromatic carbocycles.